The van der Waals surface area contributed by atoms with Gasteiger partial charge in [0.05, 0.1) is 6.61 Å². The Labute approximate surface area is 185 Å². The number of rotatable bonds is 9. The molecule has 0 amide bonds. The molecule has 1 fully saturated rings. The summed E-state index contributed by atoms with van der Waals surface area (Å²) in [6.45, 7) is 5.67. The lowest BCUT2D eigenvalue weighted by atomic mass is 10.2. The second-order valence-corrected chi connectivity index (χ2v) is 7.14. The first kappa shape index (κ1) is 24.3. The van der Waals surface area contributed by atoms with Gasteiger partial charge in [-0.3, -0.25) is 4.99 Å². The van der Waals surface area contributed by atoms with E-state index in [0.29, 0.717) is 6.04 Å². The first-order valence-corrected chi connectivity index (χ1v) is 9.65. The van der Waals surface area contributed by atoms with Crippen molar-refractivity contribution in [3.05, 3.63) is 29.3 Å². The molecule has 2 N–H and O–H groups in total. The minimum atomic E-state index is 0. The van der Waals surface area contributed by atoms with Crippen LogP contribution in [-0.4, -0.2) is 77.4 Å². The van der Waals surface area contributed by atoms with Crippen molar-refractivity contribution in [3.63, 3.8) is 0 Å². The lowest BCUT2D eigenvalue weighted by molar-refractivity contribution is 0.161. The molecule has 1 aromatic rings. The molecule has 0 aliphatic carbocycles. The summed E-state index contributed by atoms with van der Waals surface area (Å²) in [6, 6.07) is 8.45. The molecule has 6 nitrogen and oxygen atoms in total. The zero-order chi connectivity index (χ0) is 18.8. The smallest absolute Gasteiger partial charge is 0.191 e. The van der Waals surface area contributed by atoms with Crippen molar-refractivity contribution in [1.29, 1.82) is 0 Å². The fourth-order valence-corrected chi connectivity index (χ4v) is 3.27. The van der Waals surface area contributed by atoms with E-state index in [1.807, 2.05) is 25.2 Å². The van der Waals surface area contributed by atoms with Crippen LogP contribution in [0.2, 0.25) is 5.02 Å². The van der Waals surface area contributed by atoms with Crippen LogP contribution in [0.4, 0.5) is 5.69 Å². The van der Waals surface area contributed by atoms with Crippen LogP contribution in [0.15, 0.2) is 29.3 Å². The van der Waals surface area contributed by atoms with Crippen molar-refractivity contribution in [2.75, 3.05) is 65.4 Å². The number of methoxy groups -OCH3 is 1. The number of ether oxygens (including phenoxy) is 1. The van der Waals surface area contributed by atoms with Gasteiger partial charge in [0, 0.05) is 57.1 Å². The minimum Gasteiger partial charge on any atom is -0.383 e. The predicted octanol–water partition coefficient (Wildman–Crippen LogP) is 2.67. The molecule has 0 spiro atoms. The fourth-order valence-electron chi connectivity index (χ4n) is 3.09. The van der Waals surface area contributed by atoms with E-state index in [9.17, 15) is 0 Å². The van der Waals surface area contributed by atoms with Crippen molar-refractivity contribution in [3.8, 4) is 0 Å². The summed E-state index contributed by atoms with van der Waals surface area (Å²) < 4.78 is 5.10. The van der Waals surface area contributed by atoms with Gasteiger partial charge < -0.3 is 25.2 Å². The number of anilines is 1. The maximum atomic E-state index is 6.11. The van der Waals surface area contributed by atoms with Gasteiger partial charge in [0.2, 0.25) is 0 Å². The van der Waals surface area contributed by atoms with E-state index in [2.05, 4.69) is 38.5 Å². The summed E-state index contributed by atoms with van der Waals surface area (Å²) in [6.07, 6.45) is 2.16. The van der Waals surface area contributed by atoms with Gasteiger partial charge in [-0.25, -0.2) is 0 Å². The molecular formula is C19H33ClIN5O. The highest BCUT2D eigenvalue weighted by Gasteiger charge is 2.23. The second-order valence-electron chi connectivity index (χ2n) is 6.70. The van der Waals surface area contributed by atoms with Gasteiger partial charge in [-0.2, -0.15) is 0 Å². The molecule has 1 aromatic carbocycles. The molecule has 1 atom stereocenters. The molecule has 1 aliphatic rings. The minimum absolute atomic E-state index is 0. The highest BCUT2D eigenvalue weighted by atomic mass is 127. The van der Waals surface area contributed by atoms with Crippen molar-refractivity contribution >= 4 is 47.2 Å². The lowest BCUT2D eigenvalue weighted by Gasteiger charge is -2.21. The molecule has 2 rings (SSSR count). The van der Waals surface area contributed by atoms with Crippen LogP contribution in [0.25, 0.3) is 0 Å². The van der Waals surface area contributed by atoms with Gasteiger partial charge in [-0.15, -0.1) is 24.0 Å². The van der Waals surface area contributed by atoms with Crippen LogP contribution in [0, 0.1) is 0 Å². The normalized spacial score (nSPS) is 17.1. The number of likely N-dealkylation sites (N-methyl/N-ethyl adjacent to an activating group) is 1. The van der Waals surface area contributed by atoms with Crippen molar-refractivity contribution in [1.82, 2.24) is 15.5 Å². The zero-order valence-corrected chi connectivity index (χ0v) is 19.7. The molecule has 0 saturated carbocycles. The Morgan fingerprint density at radius 3 is 2.93 bits per heavy atom. The van der Waals surface area contributed by atoms with Crippen LogP contribution < -0.4 is 15.5 Å². The molecule has 1 saturated heterocycles. The zero-order valence-electron chi connectivity index (χ0n) is 16.6. The Morgan fingerprint density at radius 1 is 1.41 bits per heavy atom. The van der Waals surface area contributed by atoms with Crippen LogP contribution in [0.5, 0.6) is 0 Å². The highest BCUT2D eigenvalue weighted by molar-refractivity contribution is 14.0. The monoisotopic (exact) mass is 509 g/mol. The van der Waals surface area contributed by atoms with Gasteiger partial charge in [0.15, 0.2) is 5.96 Å². The third-order valence-electron chi connectivity index (χ3n) is 4.61. The summed E-state index contributed by atoms with van der Waals surface area (Å²) in [5, 5.41) is 7.73. The number of halogens is 2. The quantitative estimate of drug-likeness (QED) is 0.232. The van der Waals surface area contributed by atoms with Gasteiger partial charge in [0.1, 0.15) is 0 Å². The first-order valence-electron chi connectivity index (χ1n) is 9.27. The molecule has 27 heavy (non-hydrogen) atoms. The second kappa shape index (κ2) is 13.4. The fraction of sp³-hybridized carbons (Fsp3) is 0.632. The largest absolute Gasteiger partial charge is 0.383 e. The Hall–Kier alpha value is -0.770. The summed E-state index contributed by atoms with van der Waals surface area (Å²) in [7, 11) is 5.68. The van der Waals surface area contributed by atoms with E-state index in [1.165, 1.54) is 5.69 Å². The molecule has 0 bridgehead atoms. The van der Waals surface area contributed by atoms with E-state index in [0.717, 1.165) is 63.2 Å². The molecule has 1 unspecified atom stereocenters. The Bertz CT molecular complexity index is 575. The van der Waals surface area contributed by atoms with Gasteiger partial charge in [-0.1, -0.05) is 17.7 Å². The number of guanidine groups is 1. The summed E-state index contributed by atoms with van der Waals surface area (Å²) >= 11 is 6.11. The number of benzene rings is 1. The molecule has 0 radical (unpaired) electrons. The molecule has 0 aromatic heterocycles. The summed E-state index contributed by atoms with van der Waals surface area (Å²) in [5.74, 6) is 0.877. The van der Waals surface area contributed by atoms with E-state index in [4.69, 9.17) is 16.3 Å². The standard InChI is InChI=1S/C19H32ClN5O.HI/c1-21-19(22-9-5-10-24(2)12-13-26-3)23-17-8-11-25(15-17)18-7-4-6-16(20)14-18;/h4,6-7,14,17H,5,8-13,15H2,1-3H3,(H2,21,22,23);1H. The van der Waals surface area contributed by atoms with E-state index in [1.54, 1.807) is 7.11 Å². The number of hydrogen-bond acceptors (Lipinski definition) is 4. The topological polar surface area (TPSA) is 52.1 Å². The molecule has 8 heteroatoms. The van der Waals surface area contributed by atoms with Crippen LogP contribution in [0.1, 0.15) is 12.8 Å². The highest BCUT2D eigenvalue weighted by Crippen LogP contribution is 2.23. The van der Waals surface area contributed by atoms with Crippen molar-refractivity contribution < 1.29 is 4.74 Å². The maximum absolute atomic E-state index is 6.11. The number of hydrogen-bond donors (Lipinski definition) is 2. The van der Waals surface area contributed by atoms with Gasteiger partial charge in [0.25, 0.3) is 0 Å². The predicted molar refractivity (Wildman–Crippen MR) is 126 cm³/mol. The molecular weight excluding hydrogens is 477 g/mol. The van der Waals surface area contributed by atoms with Crippen LogP contribution in [0.3, 0.4) is 0 Å². The Balaban J connectivity index is 0.00000364. The first-order chi connectivity index (χ1) is 12.6. The number of nitrogens with one attached hydrogen (secondary N) is 2. The third-order valence-corrected chi connectivity index (χ3v) is 4.85. The number of aliphatic imine (C=N–C) groups is 1. The maximum Gasteiger partial charge on any atom is 0.191 e. The summed E-state index contributed by atoms with van der Waals surface area (Å²) in [5.41, 5.74) is 1.18. The average molecular weight is 510 g/mol. The lowest BCUT2D eigenvalue weighted by Crippen LogP contribution is -2.45. The molecule has 1 heterocycles. The average Bonchev–Trinajstić information content (AvgIpc) is 3.11. The number of nitrogens with zero attached hydrogens (tertiary/aromatic N) is 3. The van der Waals surface area contributed by atoms with E-state index in [-0.39, 0.29) is 24.0 Å². The van der Waals surface area contributed by atoms with Gasteiger partial charge >= 0.3 is 0 Å². The Kier molecular flexibility index (Phi) is 12.1. The molecule has 1 aliphatic heterocycles. The van der Waals surface area contributed by atoms with E-state index >= 15 is 0 Å². The van der Waals surface area contributed by atoms with Crippen molar-refractivity contribution in [2.45, 2.75) is 18.9 Å². The summed E-state index contributed by atoms with van der Waals surface area (Å²) in [4.78, 5) is 8.99. The third kappa shape index (κ3) is 8.85. The van der Waals surface area contributed by atoms with Crippen molar-refractivity contribution in [2.24, 2.45) is 4.99 Å². The molecule has 154 valence electrons. The Morgan fingerprint density at radius 2 is 2.22 bits per heavy atom. The van der Waals surface area contributed by atoms with Crippen LogP contribution in [-0.2, 0) is 4.74 Å². The van der Waals surface area contributed by atoms with E-state index < -0.39 is 0 Å². The van der Waals surface area contributed by atoms with Gasteiger partial charge in [-0.05, 0) is 44.6 Å². The van der Waals surface area contributed by atoms with Crippen LogP contribution >= 0.6 is 35.6 Å². The SMILES string of the molecule is CN=C(NCCCN(C)CCOC)NC1CCN(c2cccc(Cl)c2)C1.I.